The van der Waals surface area contributed by atoms with Crippen molar-refractivity contribution in [2.24, 2.45) is 0 Å². The molecule has 2 amide bonds. The summed E-state index contributed by atoms with van der Waals surface area (Å²) in [6.07, 6.45) is 2.25. The fourth-order valence-electron chi connectivity index (χ4n) is 2.86. The summed E-state index contributed by atoms with van der Waals surface area (Å²) >= 11 is 0. The minimum Gasteiger partial charge on any atom is -0.435 e. The number of nitrogens with zero attached hydrogens (tertiary/aromatic N) is 3. The Hall–Kier alpha value is -2.97. The van der Waals surface area contributed by atoms with Gasteiger partial charge < -0.3 is 20.3 Å². The minimum atomic E-state index is -2.92. The zero-order chi connectivity index (χ0) is 19.2. The number of carbonyl (C=O) groups excluding carboxylic acids is 1. The number of hydrogen-bond donors (Lipinski definition) is 2. The van der Waals surface area contributed by atoms with Crippen LogP contribution in [0.3, 0.4) is 0 Å². The van der Waals surface area contributed by atoms with Crippen LogP contribution in [-0.2, 0) is 6.54 Å². The van der Waals surface area contributed by atoms with Crippen LogP contribution in [0.15, 0.2) is 30.3 Å². The van der Waals surface area contributed by atoms with Gasteiger partial charge in [-0.15, -0.1) is 0 Å². The molecule has 2 aromatic rings. The highest BCUT2D eigenvalue weighted by molar-refractivity contribution is 5.89. The molecule has 3 rings (SSSR count). The number of halogens is 2. The summed E-state index contributed by atoms with van der Waals surface area (Å²) < 4.78 is 28.8. The zero-order valence-electron chi connectivity index (χ0n) is 14.9. The summed E-state index contributed by atoms with van der Waals surface area (Å²) in [4.78, 5) is 23.2. The molecular weight excluding hydrogens is 356 g/mol. The van der Waals surface area contributed by atoms with Gasteiger partial charge in [-0.3, -0.25) is 0 Å². The van der Waals surface area contributed by atoms with E-state index in [2.05, 4.69) is 30.2 Å². The average Bonchev–Trinajstić information content (AvgIpc) is 3.14. The van der Waals surface area contributed by atoms with Crippen molar-refractivity contribution in [3.05, 3.63) is 41.7 Å². The predicted molar refractivity (Wildman–Crippen MR) is 97.1 cm³/mol. The van der Waals surface area contributed by atoms with Gasteiger partial charge in [-0.1, -0.05) is 6.07 Å². The highest BCUT2D eigenvalue weighted by Gasteiger charge is 2.16. The van der Waals surface area contributed by atoms with Crippen LogP contribution in [0.5, 0.6) is 5.75 Å². The van der Waals surface area contributed by atoms with Gasteiger partial charge in [-0.2, -0.15) is 8.78 Å². The number of rotatable bonds is 6. The SMILES string of the molecule is Cc1cc(CNC(=O)Nc2cccc(OC(F)F)c2)nc(N2CCCC2)n1. The number of benzene rings is 1. The Balaban J connectivity index is 1.57. The van der Waals surface area contributed by atoms with Gasteiger partial charge >= 0.3 is 12.6 Å². The van der Waals surface area contributed by atoms with Crippen LogP contribution in [0.2, 0.25) is 0 Å². The van der Waals surface area contributed by atoms with Gasteiger partial charge in [-0.25, -0.2) is 14.8 Å². The van der Waals surface area contributed by atoms with E-state index >= 15 is 0 Å². The maximum Gasteiger partial charge on any atom is 0.387 e. The van der Waals surface area contributed by atoms with Gasteiger partial charge in [0, 0.05) is 30.5 Å². The molecule has 2 heterocycles. The summed E-state index contributed by atoms with van der Waals surface area (Å²) in [5, 5.41) is 5.29. The first-order valence-electron chi connectivity index (χ1n) is 8.69. The van der Waals surface area contributed by atoms with Crippen molar-refractivity contribution >= 4 is 17.7 Å². The molecule has 144 valence electrons. The largest absolute Gasteiger partial charge is 0.435 e. The third kappa shape index (κ3) is 5.50. The van der Waals surface area contributed by atoms with Crippen molar-refractivity contribution in [1.82, 2.24) is 15.3 Å². The van der Waals surface area contributed by atoms with E-state index < -0.39 is 12.6 Å². The van der Waals surface area contributed by atoms with Crippen molar-refractivity contribution < 1.29 is 18.3 Å². The molecule has 0 bridgehead atoms. The van der Waals surface area contributed by atoms with Gasteiger partial charge in [0.05, 0.1) is 12.2 Å². The standard InChI is InChI=1S/C18H21F2N5O2/c1-12-9-14(23-17(22-12)25-7-2-3-8-25)11-21-18(26)24-13-5-4-6-15(10-13)27-16(19)20/h4-6,9-10,16H,2-3,7-8,11H2,1H3,(H2,21,24,26). The van der Waals surface area contributed by atoms with Crippen molar-refractivity contribution in [3.63, 3.8) is 0 Å². The van der Waals surface area contributed by atoms with Crippen molar-refractivity contribution in [2.45, 2.75) is 32.9 Å². The van der Waals surface area contributed by atoms with Gasteiger partial charge in [-0.05, 0) is 38.0 Å². The third-order valence-corrected chi connectivity index (χ3v) is 4.03. The van der Waals surface area contributed by atoms with Gasteiger partial charge in [0.2, 0.25) is 5.95 Å². The number of nitrogens with one attached hydrogen (secondary N) is 2. The number of ether oxygens (including phenoxy) is 1. The van der Waals surface area contributed by atoms with Crippen LogP contribution in [0.4, 0.5) is 25.2 Å². The molecule has 1 saturated heterocycles. The molecule has 0 spiro atoms. The molecule has 2 N–H and O–H groups in total. The summed E-state index contributed by atoms with van der Waals surface area (Å²) in [6.45, 7) is 1.07. The normalized spacial score (nSPS) is 13.7. The second-order valence-electron chi connectivity index (χ2n) is 6.21. The number of hydrogen-bond acceptors (Lipinski definition) is 5. The summed E-state index contributed by atoms with van der Waals surface area (Å²) in [5.74, 6) is 0.658. The number of urea groups is 1. The molecular formula is C18H21F2N5O2. The van der Waals surface area contributed by atoms with Crippen LogP contribution in [0.1, 0.15) is 24.2 Å². The Morgan fingerprint density at radius 2 is 2.04 bits per heavy atom. The predicted octanol–water partition coefficient (Wildman–Crippen LogP) is 3.31. The molecule has 0 saturated carbocycles. The number of anilines is 2. The molecule has 1 aromatic heterocycles. The number of aryl methyl sites for hydroxylation is 1. The van der Waals surface area contributed by atoms with E-state index in [-0.39, 0.29) is 12.3 Å². The van der Waals surface area contributed by atoms with E-state index in [9.17, 15) is 13.6 Å². The first kappa shape index (κ1) is 18.8. The van der Waals surface area contributed by atoms with Gasteiger partial charge in [0.25, 0.3) is 0 Å². The molecule has 1 aromatic carbocycles. The van der Waals surface area contributed by atoms with Crippen molar-refractivity contribution in [3.8, 4) is 5.75 Å². The number of carbonyl (C=O) groups is 1. The summed E-state index contributed by atoms with van der Waals surface area (Å²) in [5.41, 5.74) is 1.89. The lowest BCUT2D eigenvalue weighted by Gasteiger charge is -2.16. The van der Waals surface area contributed by atoms with Crippen molar-refractivity contribution in [1.29, 1.82) is 0 Å². The number of amides is 2. The fourth-order valence-corrected chi connectivity index (χ4v) is 2.86. The Bertz CT molecular complexity index is 797. The molecule has 1 fully saturated rings. The zero-order valence-corrected chi connectivity index (χ0v) is 14.9. The molecule has 1 aliphatic rings. The number of alkyl halides is 2. The lowest BCUT2D eigenvalue weighted by molar-refractivity contribution is -0.0497. The molecule has 9 heteroatoms. The Kier molecular flexibility index (Phi) is 6.00. The Morgan fingerprint density at radius 3 is 2.78 bits per heavy atom. The van der Waals surface area contributed by atoms with Gasteiger partial charge in [0.15, 0.2) is 0 Å². The molecule has 7 nitrogen and oxygen atoms in total. The van der Waals surface area contributed by atoms with Crippen LogP contribution in [-0.4, -0.2) is 35.7 Å². The summed E-state index contributed by atoms with van der Waals surface area (Å²) in [7, 11) is 0. The lowest BCUT2D eigenvalue weighted by Crippen LogP contribution is -2.29. The molecule has 27 heavy (non-hydrogen) atoms. The van der Waals surface area contributed by atoms with E-state index in [0.717, 1.165) is 31.6 Å². The fraction of sp³-hybridized carbons (Fsp3) is 0.389. The van der Waals surface area contributed by atoms with E-state index in [1.165, 1.54) is 18.2 Å². The number of aromatic nitrogens is 2. The quantitative estimate of drug-likeness (QED) is 0.807. The smallest absolute Gasteiger partial charge is 0.387 e. The monoisotopic (exact) mass is 377 g/mol. The molecule has 0 unspecified atom stereocenters. The first-order chi connectivity index (χ1) is 13.0. The minimum absolute atomic E-state index is 0.0236. The Morgan fingerprint density at radius 1 is 1.26 bits per heavy atom. The summed E-state index contributed by atoms with van der Waals surface area (Å²) in [6, 6.07) is 7.16. The topological polar surface area (TPSA) is 79.4 Å². The lowest BCUT2D eigenvalue weighted by atomic mass is 10.3. The highest BCUT2D eigenvalue weighted by atomic mass is 19.3. The van der Waals surface area contributed by atoms with Gasteiger partial charge in [0.1, 0.15) is 5.75 Å². The molecule has 0 atom stereocenters. The molecule has 0 radical (unpaired) electrons. The molecule has 0 aliphatic carbocycles. The van der Waals surface area contributed by atoms with Crippen LogP contribution in [0.25, 0.3) is 0 Å². The molecule has 1 aliphatic heterocycles. The first-order valence-corrected chi connectivity index (χ1v) is 8.69. The van der Waals surface area contributed by atoms with E-state index in [0.29, 0.717) is 17.3 Å². The second kappa shape index (κ2) is 8.61. The Labute approximate surface area is 155 Å². The maximum atomic E-state index is 12.3. The van der Waals surface area contributed by atoms with E-state index in [1.54, 1.807) is 6.07 Å². The van der Waals surface area contributed by atoms with Crippen LogP contribution < -0.4 is 20.3 Å². The maximum absolute atomic E-state index is 12.3. The van der Waals surface area contributed by atoms with Crippen molar-refractivity contribution in [2.75, 3.05) is 23.3 Å². The van der Waals surface area contributed by atoms with Crippen LogP contribution >= 0.6 is 0 Å². The second-order valence-corrected chi connectivity index (χ2v) is 6.21. The third-order valence-electron chi connectivity index (χ3n) is 4.03. The van der Waals surface area contributed by atoms with E-state index in [1.807, 2.05) is 13.0 Å². The average molecular weight is 377 g/mol. The van der Waals surface area contributed by atoms with E-state index in [4.69, 9.17) is 0 Å². The van der Waals surface area contributed by atoms with Crippen LogP contribution in [0, 0.1) is 6.92 Å². The highest BCUT2D eigenvalue weighted by Crippen LogP contribution is 2.19.